The zero-order chi connectivity index (χ0) is 9.71. The molecule has 3 rings (SSSR count). The van der Waals surface area contributed by atoms with E-state index in [0.29, 0.717) is 10.4 Å². The van der Waals surface area contributed by atoms with Crippen LogP contribution in [-0.2, 0) is 0 Å². The van der Waals surface area contributed by atoms with Crippen molar-refractivity contribution in [3.05, 3.63) is 22.6 Å². The Hall–Kier alpha value is -0.770. The van der Waals surface area contributed by atoms with Crippen molar-refractivity contribution in [3.8, 4) is 0 Å². The van der Waals surface area contributed by atoms with Crippen molar-refractivity contribution in [3.63, 3.8) is 0 Å². The standard InChI is InChI=1S/C10H10BrNO2/c11-9-2-1-8(14-9)10(13)12-4-6-3-7(6)5-12/h1-2,6-7H,3-5H2. The monoisotopic (exact) mass is 255 g/mol. The molecule has 0 spiro atoms. The van der Waals surface area contributed by atoms with Crippen LogP contribution in [0.2, 0.25) is 0 Å². The summed E-state index contributed by atoms with van der Waals surface area (Å²) in [7, 11) is 0. The Morgan fingerprint density at radius 1 is 1.43 bits per heavy atom. The van der Waals surface area contributed by atoms with Gasteiger partial charge in [-0.05, 0) is 46.3 Å². The summed E-state index contributed by atoms with van der Waals surface area (Å²) >= 11 is 3.19. The molecule has 74 valence electrons. The molecule has 0 radical (unpaired) electrons. The predicted molar refractivity (Wildman–Crippen MR) is 53.9 cm³/mol. The van der Waals surface area contributed by atoms with Crippen molar-refractivity contribution in [2.24, 2.45) is 11.8 Å². The number of hydrogen-bond donors (Lipinski definition) is 0. The van der Waals surface area contributed by atoms with Crippen LogP contribution in [0.4, 0.5) is 0 Å². The SMILES string of the molecule is O=C(c1ccc(Br)o1)N1CC2CC2C1. The molecule has 1 aliphatic heterocycles. The van der Waals surface area contributed by atoms with Crippen molar-refractivity contribution in [1.82, 2.24) is 4.90 Å². The Labute approximate surface area is 90.2 Å². The number of amides is 1. The number of hydrogen-bond acceptors (Lipinski definition) is 2. The van der Waals surface area contributed by atoms with Gasteiger partial charge in [-0.2, -0.15) is 0 Å². The van der Waals surface area contributed by atoms with E-state index in [0.717, 1.165) is 24.9 Å². The molecule has 1 aromatic heterocycles. The topological polar surface area (TPSA) is 33.5 Å². The molecule has 0 N–H and O–H groups in total. The second-order valence-corrected chi connectivity index (χ2v) is 4.85. The molecular weight excluding hydrogens is 246 g/mol. The minimum absolute atomic E-state index is 0.0305. The summed E-state index contributed by atoms with van der Waals surface area (Å²) in [5.74, 6) is 2.02. The van der Waals surface area contributed by atoms with Gasteiger partial charge in [0.2, 0.25) is 0 Å². The Kier molecular flexibility index (Phi) is 1.74. The second kappa shape index (κ2) is 2.86. The summed E-state index contributed by atoms with van der Waals surface area (Å²) in [5.41, 5.74) is 0. The number of likely N-dealkylation sites (tertiary alicyclic amines) is 1. The summed E-state index contributed by atoms with van der Waals surface area (Å²) < 4.78 is 5.85. The van der Waals surface area contributed by atoms with Gasteiger partial charge in [0.15, 0.2) is 10.4 Å². The summed E-state index contributed by atoms with van der Waals surface area (Å²) in [6, 6.07) is 3.47. The molecule has 0 bridgehead atoms. The highest BCUT2D eigenvalue weighted by molar-refractivity contribution is 9.10. The molecule has 14 heavy (non-hydrogen) atoms. The van der Waals surface area contributed by atoms with E-state index in [1.807, 2.05) is 4.90 Å². The predicted octanol–water partition coefficient (Wildman–Crippen LogP) is 2.13. The lowest BCUT2D eigenvalue weighted by Gasteiger charge is -2.15. The number of fused-ring (bicyclic) bond motifs is 1. The molecule has 2 fully saturated rings. The van der Waals surface area contributed by atoms with Crippen LogP contribution in [0.15, 0.2) is 21.2 Å². The number of piperidine rings is 1. The molecule has 2 unspecified atom stereocenters. The summed E-state index contributed by atoms with van der Waals surface area (Å²) in [5, 5.41) is 0. The number of carbonyl (C=O) groups is 1. The molecule has 1 saturated carbocycles. The van der Waals surface area contributed by atoms with E-state index >= 15 is 0 Å². The number of furan rings is 1. The highest BCUT2D eigenvalue weighted by Gasteiger charge is 2.47. The van der Waals surface area contributed by atoms with Gasteiger partial charge in [-0.15, -0.1) is 0 Å². The number of rotatable bonds is 1. The summed E-state index contributed by atoms with van der Waals surface area (Å²) in [6.45, 7) is 1.84. The van der Waals surface area contributed by atoms with Crippen LogP contribution in [0.5, 0.6) is 0 Å². The van der Waals surface area contributed by atoms with Crippen molar-refractivity contribution in [1.29, 1.82) is 0 Å². The second-order valence-electron chi connectivity index (χ2n) is 4.07. The minimum atomic E-state index is 0.0305. The van der Waals surface area contributed by atoms with Gasteiger partial charge < -0.3 is 9.32 Å². The van der Waals surface area contributed by atoms with E-state index in [1.54, 1.807) is 12.1 Å². The lowest BCUT2D eigenvalue weighted by atomic mass is 10.3. The number of nitrogens with zero attached hydrogens (tertiary/aromatic N) is 1. The van der Waals surface area contributed by atoms with Crippen LogP contribution in [0, 0.1) is 11.8 Å². The molecule has 1 amide bonds. The van der Waals surface area contributed by atoms with E-state index in [-0.39, 0.29) is 5.91 Å². The number of carbonyl (C=O) groups excluding carboxylic acids is 1. The normalized spacial score (nSPS) is 29.1. The maximum Gasteiger partial charge on any atom is 0.289 e. The molecule has 1 aliphatic carbocycles. The van der Waals surface area contributed by atoms with E-state index < -0.39 is 0 Å². The summed E-state index contributed by atoms with van der Waals surface area (Å²) in [4.78, 5) is 13.7. The van der Waals surface area contributed by atoms with Crippen LogP contribution < -0.4 is 0 Å². The first kappa shape index (κ1) is 8.53. The third kappa shape index (κ3) is 1.29. The lowest BCUT2D eigenvalue weighted by Crippen LogP contribution is -2.29. The Balaban J connectivity index is 1.76. The van der Waals surface area contributed by atoms with Crippen LogP contribution in [0.3, 0.4) is 0 Å². The largest absolute Gasteiger partial charge is 0.444 e. The van der Waals surface area contributed by atoms with E-state index in [1.165, 1.54) is 6.42 Å². The minimum Gasteiger partial charge on any atom is -0.444 e. The van der Waals surface area contributed by atoms with Crippen LogP contribution in [0.1, 0.15) is 17.0 Å². The highest BCUT2D eigenvalue weighted by atomic mass is 79.9. The van der Waals surface area contributed by atoms with E-state index in [4.69, 9.17) is 4.42 Å². The molecule has 2 atom stereocenters. The van der Waals surface area contributed by atoms with Crippen molar-refractivity contribution in [2.75, 3.05) is 13.1 Å². The third-order valence-corrected chi connectivity index (χ3v) is 3.48. The van der Waals surface area contributed by atoms with Crippen molar-refractivity contribution < 1.29 is 9.21 Å². The van der Waals surface area contributed by atoms with Gasteiger partial charge >= 0.3 is 0 Å². The fourth-order valence-electron chi connectivity index (χ4n) is 2.15. The van der Waals surface area contributed by atoms with Crippen LogP contribution in [0.25, 0.3) is 0 Å². The van der Waals surface area contributed by atoms with E-state index in [9.17, 15) is 4.79 Å². The van der Waals surface area contributed by atoms with Crippen LogP contribution >= 0.6 is 15.9 Å². The third-order valence-electron chi connectivity index (χ3n) is 3.05. The van der Waals surface area contributed by atoms with E-state index in [2.05, 4.69) is 15.9 Å². The molecular formula is C10H10BrNO2. The first-order valence-electron chi connectivity index (χ1n) is 4.78. The first-order valence-corrected chi connectivity index (χ1v) is 5.58. The average Bonchev–Trinajstić information content (AvgIpc) is 2.64. The Morgan fingerprint density at radius 3 is 2.71 bits per heavy atom. The quantitative estimate of drug-likeness (QED) is 0.771. The molecule has 0 aromatic carbocycles. The smallest absolute Gasteiger partial charge is 0.289 e. The summed E-state index contributed by atoms with van der Waals surface area (Å²) in [6.07, 6.45) is 1.31. The first-order chi connectivity index (χ1) is 6.74. The molecule has 4 heteroatoms. The average molecular weight is 256 g/mol. The van der Waals surface area contributed by atoms with Gasteiger partial charge in [-0.1, -0.05) is 0 Å². The lowest BCUT2D eigenvalue weighted by molar-refractivity contribution is 0.0742. The number of halogens is 1. The van der Waals surface area contributed by atoms with Crippen molar-refractivity contribution in [2.45, 2.75) is 6.42 Å². The zero-order valence-electron chi connectivity index (χ0n) is 7.57. The molecule has 2 aliphatic rings. The molecule has 2 heterocycles. The van der Waals surface area contributed by atoms with Gasteiger partial charge in [0, 0.05) is 13.1 Å². The van der Waals surface area contributed by atoms with Crippen molar-refractivity contribution >= 4 is 21.8 Å². The maximum atomic E-state index is 11.8. The molecule has 1 aromatic rings. The van der Waals surface area contributed by atoms with Gasteiger partial charge in [0.05, 0.1) is 0 Å². The van der Waals surface area contributed by atoms with Gasteiger partial charge in [-0.25, -0.2) is 0 Å². The van der Waals surface area contributed by atoms with Crippen LogP contribution in [-0.4, -0.2) is 23.9 Å². The molecule has 1 saturated heterocycles. The van der Waals surface area contributed by atoms with Gasteiger partial charge in [0.25, 0.3) is 5.91 Å². The Bertz CT molecular complexity index is 377. The fraction of sp³-hybridized carbons (Fsp3) is 0.500. The Morgan fingerprint density at radius 2 is 2.14 bits per heavy atom. The zero-order valence-corrected chi connectivity index (χ0v) is 9.16. The van der Waals surface area contributed by atoms with Gasteiger partial charge in [0.1, 0.15) is 0 Å². The highest BCUT2D eigenvalue weighted by Crippen LogP contribution is 2.45. The van der Waals surface area contributed by atoms with Gasteiger partial charge in [-0.3, -0.25) is 4.79 Å². The molecule has 3 nitrogen and oxygen atoms in total. The maximum absolute atomic E-state index is 11.8. The fourth-order valence-corrected chi connectivity index (χ4v) is 2.46.